The first-order valence-corrected chi connectivity index (χ1v) is 22.4. The number of likely N-dealkylation sites (tertiary alicyclic amines) is 1. The average Bonchev–Trinajstić information content (AvgIpc) is 3.79. The van der Waals surface area contributed by atoms with Crippen molar-refractivity contribution in [1.29, 1.82) is 0 Å². The van der Waals surface area contributed by atoms with Crippen LogP contribution in [0.25, 0.3) is 0 Å². The number of carbonyl (C=O) groups is 9. The molecule has 1 aliphatic heterocycles. The van der Waals surface area contributed by atoms with Crippen molar-refractivity contribution in [2.75, 3.05) is 72.1 Å². The molecule has 1 aliphatic rings. The molecule has 1 atom stereocenters. The maximum absolute atomic E-state index is 12.9. The maximum Gasteiger partial charge on any atom is 0.325 e. The largest absolute Gasteiger partial charge is 0.460 e. The van der Waals surface area contributed by atoms with E-state index in [2.05, 4.69) is 45.7 Å². The Hall–Kier alpha value is -5.59. The van der Waals surface area contributed by atoms with Gasteiger partial charge in [0.1, 0.15) is 32.4 Å². The minimum absolute atomic E-state index is 0.0517. The molecule has 0 aliphatic carbocycles. The number of unbranched alkanes of at least 4 members (excludes halogenated alkanes) is 10. The van der Waals surface area contributed by atoms with Crippen molar-refractivity contribution in [3.05, 3.63) is 35.9 Å². The van der Waals surface area contributed by atoms with Crippen LogP contribution in [0, 0.1) is 0 Å². The molecule has 0 radical (unpaired) electrons. The standard InChI is InChI=1S/C44H70N8O11/c1-3-5-7-9-11-16-22-51(23-17-12-10-8-6-4-2)42(59)33-62-32-40(57)47-27-36(53)45-25-37(54)48-29-41(58)52-24-18-21-35(52)44(61)50-28-39(56)46-26-38(55)49-30-43(60)63-31-34-19-14-13-15-20-34/h13-15,19-20,35H,3-12,16-18,21-33H2,1-2H3,(H,45,53)(H,46,56)(H,47,57)(H,48,54)(H,49,55)(H,50,61)/t35-/m0/s1. The molecule has 8 amide bonds. The van der Waals surface area contributed by atoms with E-state index in [1.807, 2.05) is 11.0 Å². The maximum atomic E-state index is 12.9. The number of rotatable bonds is 33. The third-order valence-electron chi connectivity index (χ3n) is 10.1. The van der Waals surface area contributed by atoms with Gasteiger partial charge in [-0.05, 0) is 31.2 Å². The van der Waals surface area contributed by atoms with Crippen LogP contribution in [-0.2, 0) is 59.2 Å². The van der Waals surface area contributed by atoms with Crippen molar-refractivity contribution in [3.8, 4) is 0 Å². The molecule has 1 fully saturated rings. The zero-order valence-corrected chi connectivity index (χ0v) is 37.2. The van der Waals surface area contributed by atoms with Crippen molar-refractivity contribution in [1.82, 2.24) is 41.7 Å². The first kappa shape index (κ1) is 53.5. The number of nitrogens with one attached hydrogen (secondary N) is 6. The lowest BCUT2D eigenvalue weighted by molar-refractivity contribution is -0.145. The molecule has 6 N–H and O–H groups in total. The molecule has 0 saturated carbocycles. The van der Waals surface area contributed by atoms with Crippen LogP contribution >= 0.6 is 0 Å². The first-order chi connectivity index (χ1) is 30.4. The number of amides is 8. The van der Waals surface area contributed by atoms with E-state index in [1.165, 1.54) is 43.4 Å². The molecule has 1 aromatic carbocycles. The molecule has 0 unspecified atom stereocenters. The van der Waals surface area contributed by atoms with E-state index in [0.29, 0.717) is 25.9 Å². The second kappa shape index (κ2) is 33.0. The Bertz CT molecular complexity index is 1580. The Kier molecular flexibility index (Phi) is 28.1. The third kappa shape index (κ3) is 25.2. The summed E-state index contributed by atoms with van der Waals surface area (Å²) in [7, 11) is 0. The second-order valence-corrected chi connectivity index (χ2v) is 15.4. The van der Waals surface area contributed by atoms with Gasteiger partial charge in [0.05, 0.1) is 32.7 Å². The van der Waals surface area contributed by atoms with Crippen LogP contribution in [0.2, 0.25) is 0 Å². The van der Waals surface area contributed by atoms with Gasteiger partial charge >= 0.3 is 5.97 Å². The summed E-state index contributed by atoms with van der Waals surface area (Å²) in [5.41, 5.74) is 0.788. The van der Waals surface area contributed by atoms with Gasteiger partial charge in [-0.25, -0.2) is 0 Å². The van der Waals surface area contributed by atoms with Crippen LogP contribution in [0.5, 0.6) is 0 Å². The molecule has 1 aromatic rings. The molecule has 1 heterocycles. The van der Waals surface area contributed by atoms with Crippen LogP contribution in [0.4, 0.5) is 0 Å². The summed E-state index contributed by atoms with van der Waals surface area (Å²) in [6.07, 6.45) is 14.2. The predicted octanol–water partition coefficient (Wildman–Crippen LogP) is 0.984. The van der Waals surface area contributed by atoms with Gasteiger partial charge in [-0.3, -0.25) is 43.2 Å². The molecule has 0 spiro atoms. The van der Waals surface area contributed by atoms with E-state index in [-0.39, 0.29) is 25.7 Å². The van der Waals surface area contributed by atoms with Crippen molar-refractivity contribution in [2.45, 2.75) is 116 Å². The topological polar surface area (TPSA) is 251 Å². The molecule has 1 saturated heterocycles. The Morgan fingerprint density at radius 2 is 1.08 bits per heavy atom. The van der Waals surface area contributed by atoms with Crippen LogP contribution in [-0.4, -0.2) is 141 Å². The summed E-state index contributed by atoms with van der Waals surface area (Å²) < 4.78 is 10.4. The highest BCUT2D eigenvalue weighted by Gasteiger charge is 2.34. The van der Waals surface area contributed by atoms with Gasteiger partial charge in [0.2, 0.25) is 47.3 Å². The summed E-state index contributed by atoms with van der Waals surface area (Å²) >= 11 is 0. The Morgan fingerprint density at radius 3 is 1.65 bits per heavy atom. The second-order valence-electron chi connectivity index (χ2n) is 15.4. The molecule has 63 heavy (non-hydrogen) atoms. The van der Waals surface area contributed by atoms with Gasteiger partial charge in [-0.1, -0.05) is 108 Å². The van der Waals surface area contributed by atoms with Crippen molar-refractivity contribution in [2.24, 2.45) is 0 Å². The third-order valence-corrected chi connectivity index (χ3v) is 10.1. The zero-order valence-electron chi connectivity index (χ0n) is 37.2. The number of hydrogen-bond acceptors (Lipinski definition) is 11. The van der Waals surface area contributed by atoms with Gasteiger partial charge in [0.25, 0.3) is 0 Å². The van der Waals surface area contributed by atoms with E-state index in [4.69, 9.17) is 9.47 Å². The molecular weight excluding hydrogens is 817 g/mol. The fourth-order valence-electron chi connectivity index (χ4n) is 6.55. The van der Waals surface area contributed by atoms with Crippen LogP contribution < -0.4 is 31.9 Å². The monoisotopic (exact) mass is 887 g/mol. The molecule has 352 valence electrons. The fraction of sp³-hybridized carbons (Fsp3) is 0.659. The van der Waals surface area contributed by atoms with E-state index in [1.54, 1.807) is 24.3 Å². The van der Waals surface area contributed by atoms with E-state index >= 15 is 0 Å². The molecule has 19 heteroatoms. The highest BCUT2D eigenvalue weighted by molar-refractivity contribution is 5.94. The van der Waals surface area contributed by atoms with Gasteiger partial charge < -0.3 is 51.2 Å². The number of carbonyl (C=O) groups excluding carboxylic acids is 9. The molecule has 19 nitrogen and oxygen atoms in total. The highest BCUT2D eigenvalue weighted by Crippen LogP contribution is 2.17. The highest BCUT2D eigenvalue weighted by atomic mass is 16.5. The average molecular weight is 887 g/mol. The summed E-state index contributed by atoms with van der Waals surface area (Å²) in [6, 6.07) is 8.12. The number of nitrogens with zero attached hydrogens (tertiary/aromatic N) is 2. The van der Waals surface area contributed by atoms with Gasteiger partial charge in [0, 0.05) is 19.6 Å². The van der Waals surface area contributed by atoms with Crippen LogP contribution in [0.15, 0.2) is 30.3 Å². The number of esters is 1. The minimum Gasteiger partial charge on any atom is -0.460 e. The summed E-state index contributed by atoms with van der Waals surface area (Å²) in [5, 5.41) is 14.2. The normalized spacial score (nSPS) is 13.0. The molecule has 0 aromatic heterocycles. The predicted molar refractivity (Wildman–Crippen MR) is 233 cm³/mol. The SMILES string of the molecule is CCCCCCCCN(CCCCCCCC)C(=O)COCC(=O)NCC(=O)NCC(=O)NCC(=O)N1CCC[C@H]1C(=O)NCC(=O)NCC(=O)NCC(=O)OCc1ccccc1. The number of hydrogen-bond donors (Lipinski definition) is 6. The summed E-state index contributed by atoms with van der Waals surface area (Å²) in [4.78, 5) is 115. The van der Waals surface area contributed by atoms with Crippen molar-refractivity contribution in [3.63, 3.8) is 0 Å². The van der Waals surface area contributed by atoms with Gasteiger partial charge in [0.15, 0.2) is 0 Å². The number of benzene rings is 1. The van der Waals surface area contributed by atoms with Gasteiger partial charge in [-0.15, -0.1) is 0 Å². The smallest absolute Gasteiger partial charge is 0.325 e. The van der Waals surface area contributed by atoms with E-state index < -0.39 is 99.2 Å². The quantitative estimate of drug-likeness (QED) is 0.0429. The lowest BCUT2D eigenvalue weighted by atomic mass is 10.1. The first-order valence-electron chi connectivity index (χ1n) is 22.4. The van der Waals surface area contributed by atoms with Crippen molar-refractivity contribution >= 4 is 53.2 Å². The van der Waals surface area contributed by atoms with Crippen LogP contribution in [0.1, 0.15) is 109 Å². The van der Waals surface area contributed by atoms with Gasteiger partial charge in [-0.2, -0.15) is 0 Å². The van der Waals surface area contributed by atoms with Crippen molar-refractivity contribution < 1.29 is 52.6 Å². The summed E-state index contributed by atoms with van der Waals surface area (Å²) in [5.74, 6) is -5.22. The van der Waals surface area contributed by atoms with E-state index in [0.717, 1.165) is 44.1 Å². The Balaban J connectivity index is 1.60. The Labute approximate surface area is 371 Å². The minimum atomic E-state index is -0.882. The van der Waals surface area contributed by atoms with E-state index in [9.17, 15) is 43.2 Å². The molecule has 2 rings (SSSR count). The summed E-state index contributed by atoms with van der Waals surface area (Å²) in [6.45, 7) is 2.63. The molecular formula is C44H70N8O11. The lowest BCUT2D eigenvalue weighted by Crippen LogP contribution is -2.51. The van der Waals surface area contributed by atoms with Crippen LogP contribution in [0.3, 0.4) is 0 Å². The fourth-order valence-corrected chi connectivity index (χ4v) is 6.55. The number of ether oxygens (including phenoxy) is 2. The molecule has 0 bridgehead atoms. The zero-order chi connectivity index (χ0) is 46.1. The lowest BCUT2D eigenvalue weighted by Gasteiger charge is -2.24. The Morgan fingerprint density at radius 1 is 0.587 bits per heavy atom.